The van der Waals surface area contributed by atoms with Crippen LogP contribution in [0.5, 0.6) is 0 Å². The minimum atomic E-state index is 0.111. The van der Waals surface area contributed by atoms with Crippen LogP contribution in [0.25, 0.3) is 10.6 Å². The summed E-state index contributed by atoms with van der Waals surface area (Å²) in [5.41, 5.74) is 1.82. The van der Waals surface area contributed by atoms with Crippen LogP contribution in [0, 0.1) is 0 Å². The second-order valence-electron chi connectivity index (χ2n) is 6.18. The van der Waals surface area contributed by atoms with Crippen LogP contribution in [-0.4, -0.2) is 46.9 Å². The van der Waals surface area contributed by atoms with Crippen molar-refractivity contribution in [3.63, 3.8) is 0 Å². The molecule has 134 valence electrons. The summed E-state index contributed by atoms with van der Waals surface area (Å²) in [6.07, 6.45) is 0. The number of nitrogens with zero attached hydrogens (tertiary/aromatic N) is 3. The van der Waals surface area contributed by atoms with Gasteiger partial charge in [-0.15, -0.1) is 22.7 Å². The zero-order chi connectivity index (χ0) is 17.9. The smallest absolute Gasteiger partial charge is 0.253 e. The SMILES string of the molecule is O=C(c1cccc(Br)c1)N1CCN(Cc2nc(-c3cccs3)cs2)CC1. The van der Waals surface area contributed by atoms with E-state index in [1.807, 2.05) is 29.2 Å². The average Bonchev–Trinajstić information content (AvgIpc) is 3.33. The van der Waals surface area contributed by atoms with Crippen molar-refractivity contribution in [2.75, 3.05) is 26.2 Å². The van der Waals surface area contributed by atoms with Gasteiger partial charge < -0.3 is 4.90 Å². The van der Waals surface area contributed by atoms with Crippen molar-refractivity contribution in [3.8, 4) is 10.6 Å². The van der Waals surface area contributed by atoms with Crippen LogP contribution in [0.2, 0.25) is 0 Å². The Morgan fingerprint density at radius 2 is 1.96 bits per heavy atom. The molecule has 1 aliphatic heterocycles. The van der Waals surface area contributed by atoms with Crippen molar-refractivity contribution < 1.29 is 4.79 Å². The van der Waals surface area contributed by atoms with Crippen molar-refractivity contribution >= 4 is 44.5 Å². The lowest BCUT2D eigenvalue weighted by Crippen LogP contribution is -2.48. The van der Waals surface area contributed by atoms with Gasteiger partial charge in [0.05, 0.1) is 17.1 Å². The van der Waals surface area contributed by atoms with Crippen LogP contribution in [-0.2, 0) is 6.54 Å². The van der Waals surface area contributed by atoms with Gasteiger partial charge in [-0.1, -0.05) is 28.1 Å². The van der Waals surface area contributed by atoms with Gasteiger partial charge in [0.15, 0.2) is 0 Å². The van der Waals surface area contributed by atoms with Crippen molar-refractivity contribution in [2.24, 2.45) is 0 Å². The van der Waals surface area contributed by atoms with Crippen LogP contribution in [0.3, 0.4) is 0 Å². The molecule has 0 spiro atoms. The van der Waals surface area contributed by atoms with Gasteiger partial charge in [-0.05, 0) is 29.6 Å². The van der Waals surface area contributed by atoms with E-state index < -0.39 is 0 Å². The van der Waals surface area contributed by atoms with Crippen LogP contribution in [0.1, 0.15) is 15.4 Å². The van der Waals surface area contributed by atoms with Crippen LogP contribution >= 0.6 is 38.6 Å². The number of halogens is 1. The van der Waals surface area contributed by atoms with E-state index in [0.717, 1.165) is 53.5 Å². The van der Waals surface area contributed by atoms with Crippen molar-refractivity contribution in [1.82, 2.24) is 14.8 Å². The number of benzene rings is 1. The number of piperazine rings is 1. The second kappa shape index (κ2) is 8.00. The summed E-state index contributed by atoms with van der Waals surface area (Å²) >= 11 is 6.87. The molecule has 0 atom stereocenters. The summed E-state index contributed by atoms with van der Waals surface area (Å²) in [4.78, 5) is 22.9. The molecule has 2 aromatic heterocycles. The highest BCUT2D eigenvalue weighted by Gasteiger charge is 2.23. The molecule has 0 aliphatic carbocycles. The van der Waals surface area contributed by atoms with E-state index in [1.54, 1.807) is 22.7 Å². The molecule has 4 nitrogen and oxygen atoms in total. The van der Waals surface area contributed by atoms with Gasteiger partial charge in [-0.25, -0.2) is 4.98 Å². The van der Waals surface area contributed by atoms with E-state index in [1.165, 1.54) is 4.88 Å². The molecule has 0 saturated carbocycles. The lowest BCUT2D eigenvalue weighted by atomic mass is 10.2. The average molecular weight is 448 g/mol. The molecule has 1 saturated heterocycles. The molecule has 1 amide bonds. The molecule has 1 fully saturated rings. The Hall–Kier alpha value is -1.54. The molecule has 0 radical (unpaired) electrons. The van der Waals surface area contributed by atoms with Gasteiger partial charge in [0.1, 0.15) is 5.01 Å². The fraction of sp³-hybridized carbons (Fsp3) is 0.263. The molecule has 0 bridgehead atoms. The summed E-state index contributed by atoms with van der Waals surface area (Å²) in [6, 6.07) is 11.8. The normalized spacial score (nSPS) is 15.3. The third-order valence-corrected chi connectivity index (χ3v) is 6.63. The third-order valence-electron chi connectivity index (χ3n) is 4.42. The summed E-state index contributed by atoms with van der Waals surface area (Å²) in [5.74, 6) is 0.111. The van der Waals surface area contributed by atoms with Crippen molar-refractivity contribution in [3.05, 3.63) is 62.2 Å². The van der Waals surface area contributed by atoms with Gasteiger partial charge in [0, 0.05) is 41.6 Å². The molecule has 1 aromatic carbocycles. The summed E-state index contributed by atoms with van der Waals surface area (Å²) in [6.45, 7) is 4.14. The largest absolute Gasteiger partial charge is 0.336 e. The van der Waals surface area contributed by atoms with Crippen molar-refractivity contribution in [2.45, 2.75) is 6.54 Å². The maximum absolute atomic E-state index is 12.6. The number of thiazole rings is 1. The first-order valence-corrected chi connectivity index (χ1v) is 11.0. The maximum atomic E-state index is 12.6. The number of thiophene rings is 1. The van der Waals surface area contributed by atoms with Gasteiger partial charge in [-0.3, -0.25) is 9.69 Å². The number of carbonyl (C=O) groups excluding carboxylic acids is 1. The van der Waals surface area contributed by atoms with Crippen molar-refractivity contribution in [1.29, 1.82) is 0 Å². The number of amides is 1. The Balaban J connectivity index is 1.33. The number of carbonyl (C=O) groups is 1. The zero-order valence-electron chi connectivity index (χ0n) is 14.1. The van der Waals surface area contributed by atoms with E-state index in [4.69, 9.17) is 4.98 Å². The standard InChI is InChI=1S/C19H18BrN3OS2/c20-15-4-1-3-14(11-15)19(24)23-8-6-22(7-9-23)12-18-21-16(13-26-18)17-5-2-10-25-17/h1-5,10-11,13H,6-9,12H2. The van der Waals surface area contributed by atoms with Gasteiger partial charge in [0.2, 0.25) is 0 Å². The van der Waals surface area contributed by atoms with E-state index in [-0.39, 0.29) is 5.91 Å². The second-order valence-corrected chi connectivity index (χ2v) is 8.99. The highest BCUT2D eigenvalue weighted by Crippen LogP contribution is 2.26. The van der Waals surface area contributed by atoms with Crippen LogP contribution in [0.15, 0.2) is 51.6 Å². The number of aromatic nitrogens is 1. The molecular formula is C19H18BrN3OS2. The molecule has 3 aromatic rings. The lowest BCUT2D eigenvalue weighted by Gasteiger charge is -2.34. The molecule has 1 aliphatic rings. The Morgan fingerprint density at radius 3 is 2.69 bits per heavy atom. The third kappa shape index (κ3) is 4.06. The minimum Gasteiger partial charge on any atom is -0.336 e. The lowest BCUT2D eigenvalue weighted by molar-refractivity contribution is 0.0628. The minimum absolute atomic E-state index is 0.111. The Kier molecular flexibility index (Phi) is 5.49. The predicted octanol–water partition coefficient (Wildman–Crippen LogP) is 4.59. The van der Waals surface area contributed by atoms with Gasteiger partial charge >= 0.3 is 0 Å². The monoisotopic (exact) mass is 447 g/mol. The number of rotatable bonds is 4. The quantitative estimate of drug-likeness (QED) is 0.586. The first-order valence-electron chi connectivity index (χ1n) is 8.44. The summed E-state index contributed by atoms with van der Waals surface area (Å²) in [7, 11) is 0. The van der Waals surface area contributed by atoms with Crippen LogP contribution < -0.4 is 0 Å². The van der Waals surface area contributed by atoms with E-state index in [9.17, 15) is 4.79 Å². The topological polar surface area (TPSA) is 36.4 Å². The first kappa shape index (κ1) is 17.9. The molecule has 3 heterocycles. The zero-order valence-corrected chi connectivity index (χ0v) is 17.3. The molecular weight excluding hydrogens is 430 g/mol. The van der Waals surface area contributed by atoms with E-state index >= 15 is 0 Å². The maximum Gasteiger partial charge on any atom is 0.253 e. The van der Waals surface area contributed by atoms with Crippen LogP contribution in [0.4, 0.5) is 0 Å². The Labute approximate surface area is 169 Å². The van der Waals surface area contributed by atoms with E-state index in [0.29, 0.717) is 0 Å². The molecule has 7 heteroatoms. The predicted molar refractivity (Wildman–Crippen MR) is 111 cm³/mol. The molecule has 0 unspecified atom stereocenters. The Bertz CT molecular complexity index is 886. The number of hydrogen-bond acceptors (Lipinski definition) is 5. The highest BCUT2D eigenvalue weighted by molar-refractivity contribution is 9.10. The molecule has 4 rings (SSSR count). The fourth-order valence-electron chi connectivity index (χ4n) is 3.03. The summed E-state index contributed by atoms with van der Waals surface area (Å²) in [5, 5.41) is 5.35. The summed E-state index contributed by atoms with van der Waals surface area (Å²) < 4.78 is 0.937. The fourth-order valence-corrected chi connectivity index (χ4v) is 5.02. The molecule has 0 N–H and O–H groups in total. The molecule has 26 heavy (non-hydrogen) atoms. The van der Waals surface area contributed by atoms with E-state index in [2.05, 4.69) is 43.7 Å². The number of hydrogen-bond donors (Lipinski definition) is 0. The Morgan fingerprint density at radius 1 is 1.12 bits per heavy atom. The van der Waals surface area contributed by atoms with Gasteiger partial charge in [0.25, 0.3) is 5.91 Å². The first-order chi connectivity index (χ1) is 12.7. The van der Waals surface area contributed by atoms with Gasteiger partial charge in [-0.2, -0.15) is 0 Å². The highest BCUT2D eigenvalue weighted by atomic mass is 79.9.